The number of rotatable bonds is 12. The highest BCUT2D eigenvalue weighted by Crippen LogP contribution is 2.21. The largest absolute Gasteiger partial charge is 0.444 e. The molecule has 1 rings (SSSR count). The lowest BCUT2D eigenvalue weighted by atomic mass is 10.1. The Labute approximate surface area is 224 Å². The van der Waals surface area contributed by atoms with Crippen LogP contribution in [0.25, 0.3) is 0 Å². The van der Waals surface area contributed by atoms with Crippen molar-refractivity contribution in [3.05, 3.63) is 28.2 Å². The quantitative estimate of drug-likeness (QED) is 0.289. The fraction of sp³-hybridized carbons (Fsp3) is 0.654. The van der Waals surface area contributed by atoms with Crippen LogP contribution in [0.5, 0.6) is 0 Å². The number of carbonyl (C=O) groups excluding carboxylic acids is 3. The first kappa shape index (κ1) is 31.7. The van der Waals surface area contributed by atoms with Gasteiger partial charge in [-0.3, -0.25) is 4.79 Å². The fourth-order valence-corrected chi connectivity index (χ4v) is 3.54. The van der Waals surface area contributed by atoms with Gasteiger partial charge >= 0.3 is 12.2 Å². The normalized spacial score (nSPS) is 11.6. The summed E-state index contributed by atoms with van der Waals surface area (Å²) >= 11 is 3.43. The molecule has 0 aromatic heterocycles. The lowest BCUT2D eigenvalue weighted by molar-refractivity contribution is -0.114. The van der Waals surface area contributed by atoms with Gasteiger partial charge in [-0.1, -0.05) is 22.0 Å². The Kier molecular flexibility index (Phi) is 13.2. The molecule has 10 heteroatoms. The van der Waals surface area contributed by atoms with E-state index in [2.05, 4.69) is 31.9 Å². The third kappa shape index (κ3) is 14.9. The summed E-state index contributed by atoms with van der Waals surface area (Å²) in [6, 6.07) is 5.77. The molecule has 0 bridgehead atoms. The molecule has 0 atom stereocenters. The minimum absolute atomic E-state index is 0.122. The molecule has 0 saturated heterocycles. The fourth-order valence-electron chi connectivity index (χ4n) is 3.18. The topological polar surface area (TPSA) is 109 Å². The van der Waals surface area contributed by atoms with E-state index in [1.54, 1.807) is 4.90 Å². The molecule has 0 fully saturated rings. The Morgan fingerprint density at radius 3 is 2.17 bits per heavy atom. The van der Waals surface area contributed by atoms with Gasteiger partial charge in [0, 0.05) is 43.3 Å². The number of alkyl carbamates (subject to hydrolysis) is 1. The first-order chi connectivity index (χ1) is 16.7. The van der Waals surface area contributed by atoms with Gasteiger partial charge < -0.3 is 30.3 Å². The van der Waals surface area contributed by atoms with E-state index in [0.717, 1.165) is 28.6 Å². The number of nitrogens with one attached hydrogen (secondary N) is 3. The van der Waals surface area contributed by atoms with Gasteiger partial charge in [-0.15, -0.1) is 0 Å². The van der Waals surface area contributed by atoms with E-state index in [9.17, 15) is 14.4 Å². The van der Waals surface area contributed by atoms with Gasteiger partial charge in [0.15, 0.2) is 0 Å². The van der Waals surface area contributed by atoms with E-state index in [1.165, 1.54) is 6.92 Å². The first-order valence-electron chi connectivity index (χ1n) is 12.4. The van der Waals surface area contributed by atoms with Crippen LogP contribution >= 0.6 is 15.9 Å². The van der Waals surface area contributed by atoms with Gasteiger partial charge in [-0.2, -0.15) is 0 Å². The van der Waals surface area contributed by atoms with Crippen LogP contribution in [-0.2, 0) is 20.8 Å². The molecule has 3 N–H and O–H groups in total. The Balaban J connectivity index is 2.51. The Hall–Kier alpha value is -2.33. The van der Waals surface area contributed by atoms with E-state index in [-0.39, 0.29) is 12.0 Å². The molecule has 36 heavy (non-hydrogen) atoms. The van der Waals surface area contributed by atoms with Gasteiger partial charge in [-0.05, 0) is 85.0 Å². The zero-order chi connectivity index (χ0) is 27.4. The van der Waals surface area contributed by atoms with Crippen molar-refractivity contribution in [3.63, 3.8) is 0 Å². The monoisotopic (exact) mass is 570 g/mol. The van der Waals surface area contributed by atoms with Gasteiger partial charge in [-0.25, -0.2) is 9.59 Å². The van der Waals surface area contributed by atoms with Crippen molar-refractivity contribution in [1.82, 2.24) is 15.5 Å². The maximum Gasteiger partial charge on any atom is 0.410 e. The van der Waals surface area contributed by atoms with Crippen LogP contribution in [0.15, 0.2) is 22.7 Å². The molecular weight excluding hydrogens is 528 g/mol. The zero-order valence-corrected chi connectivity index (χ0v) is 24.3. The summed E-state index contributed by atoms with van der Waals surface area (Å²) < 4.78 is 11.7. The van der Waals surface area contributed by atoms with Crippen molar-refractivity contribution in [1.29, 1.82) is 0 Å². The van der Waals surface area contributed by atoms with Gasteiger partial charge in [0.1, 0.15) is 11.2 Å². The average Bonchev–Trinajstić information content (AvgIpc) is 2.70. The van der Waals surface area contributed by atoms with E-state index in [4.69, 9.17) is 9.47 Å². The van der Waals surface area contributed by atoms with Gasteiger partial charge in [0.05, 0.1) is 0 Å². The maximum atomic E-state index is 12.7. The first-order valence-corrected chi connectivity index (χ1v) is 13.2. The van der Waals surface area contributed by atoms with Crippen LogP contribution in [0.4, 0.5) is 15.3 Å². The molecule has 0 saturated carbocycles. The third-order valence-corrected chi connectivity index (χ3v) is 5.15. The second-order valence-electron chi connectivity index (χ2n) is 10.6. The van der Waals surface area contributed by atoms with Crippen molar-refractivity contribution in [2.24, 2.45) is 0 Å². The highest BCUT2D eigenvalue weighted by Gasteiger charge is 2.22. The van der Waals surface area contributed by atoms with Crippen LogP contribution in [0.1, 0.15) is 73.3 Å². The summed E-state index contributed by atoms with van der Waals surface area (Å²) in [5.74, 6) is -0.122. The molecule has 0 aliphatic rings. The SMILES string of the molecule is CC(=O)Nc1cc(Br)ccc1CNCCCN(CCCCNC(=O)OC(C)(C)C)C(=O)OC(C)(C)C. The molecule has 0 radical (unpaired) electrons. The van der Waals surface area contributed by atoms with E-state index in [0.29, 0.717) is 39.1 Å². The summed E-state index contributed by atoms with van der Waals surface area (Å²) in [6.07, 6.45) is 1.39. The predicted molar refractivity (Wildman–Crippen MR) is 146 cm³/mol. The van der Waals surface area contributed by atoms with Crippen molar-refractivity contribution in [2.75, 3.05) is 31.5 Å². The Morgan fingerprint density at radius 2 is 1.56 bits per heavy atom. The standard InChI is InChI=1S/C26H43BrN4O5/c1-19(32)30-22-17-21(27)12-11-20(22)18-28-13-10-16-31(24(34)36-26(5,6)7)15-9-8-14-29-23(33)35-25(2,3)4/h11-12,17,28H,8-10,13-16,18H2,1-7H3,(H,29,33)(H,30,32). The predicted octanol–water partition coefficient (Wildman–Crippen LogP) is 5.43. The zero-order valence-electron chi connectivity index (χ0n) is 22.8. The number of carbonyl (C=O) groups is 3. The summed E-state index contributed by atoms with van der Waals surface area (Å²) in [5, 5.41) is 8.97. The van der Waals surface area contributed by atoms with Crippen molar-refractivity contribution < 1.29 is 23.9 Å². The van der Waals surface area contributed by atoms with Gasteiger partial charge in [0.2, 0.25) is 5.91 Å². The number of amides is 3. The van der Waals surface area contributed by atoms with Crippen molar-refractivity contribution in [2.45, 2.75) is 85.5 Å². The maximum absolute atomic E-state index is 12.7. The molecular formula is C26H43BrN4O5. The molecule has 1 aromatic rings. The molecule has 0 unspecified atom stereocenters. The Bertz CT molecular complexity index is 865. The van der Waals surface area contributed by atoms with Gasteiger partial charge in [0.25, 0.3) is 0 Å². The summed E-state index contributed by atoms with van der Waals surface area (Å²) in [6.45, 7) is 15.3. The molecule has 0 heterocycles. The average molecular weight is 572 g/mol. The molecule has 0 spiro atoms. The van der Waals surface area contributed by atoms with E-state index < -0.39 is 17.3 Å². The van der Waals surface area contributed by atoms with E-state index in [1.807, 2.05) is 59.7 Å². The highest BCUT2D eigenvalue weighted by atomic mass is 79.9. The minimum atomic E-state index is -0.576. The summed E-state index contributed by atoms with van der Waals surface area (Å²) in [5.41, 5.74) is 0.636. The summed E-state index contributed by atoms with van der Waals surface area (Å²) in [4.78, 5) is 37.7. The number of ether oxygens (including phenoxy) is 2. The van der Waals surface area contributed by atoms with Crippen LogP contribution in [0.3, 0.4) is 0 Å². The molecule has 0 aliphatic carbocycles. The number of halogens is 1. The number of unbranched alkanes of at least 4 members (excludes halogenated alkanes) is 1. The Morgan fingerprint density at radius 1 is 0.917 bits per heavy atom. The van der Waals surface area contributed by atoms with Crippen molar-refractivity contribution in [3.8, 4) is 0 Å². The number of benzene rings is 1. The number of nitrogens with zero attached hydrogens (tertiary/aromatic N) is 1. The molecule has 0 aliphatic heterocycles. The van der Waals surface area contributed by atoms with Crippen LogP contribution in [0.2, 0.25) is 0 Å². The second kappa shape index (κ2) is 15.0. The number of hydrogen-bond acceptors (Lipinski definition) is 6. The molecule has 1 aromatic carbocycles. The lowest BCUT2D eigenvalue weighted by Crippen LogP contribution is -2.39. The number of anilines is 1. The lowest BCUT2D eigenvalue weighted by Gasteiger charge is -2.27. The molecule has 204 valence electrons. The highest BCUT2D eigenvalue weighted by molar-refractivity contribution is 9.10. The smallest absolute Gasteiger partial charge is 0.410 e. The second-order valence-corrected chi connectivity index (χ2v) is 11.5. The summed E-state index contributed by atoms with van der Waals surface area (Å²) in [7, 11) is 0. The van der Waals surface area contributed by atoms with Crippen molar-refractivity contribution >= 4 is 39.7 Å². The van der Waals surface area contributed by atoms with Crippen LogP contribution in [-0.4, -0.2) is 60.4 Å². The van der Waals surface area contributed by atoms with E-state index >= 15 is 0 Å². The number of hydrogen-bond donors (Lipinski definition) is 3. The molecule has 9 nitrogen and oxygen atoms in total. The molecule has 3 amide bonds. The van der Waals surface area contributed by atoms with Crippen LogP contribution in [0, 0.1) is 0 Å². The van der Waals surface area contributed by atoms with Crippen LogP contribution < -0.4 is 16.0 Å². The minimum Gasteiger partial charge on any atom is -0.444 e. The third-order valence-electron chi connectivity index (χ3n) is 4.65.